The molecule has 0 atom stereocenters. The molecular formula is C13H20F2IN3. The lowest BCUT2D eigenvalue weighted by atomic mass is 10.2. The van der Waals surface area contributed by atoms with E-state index in [0.29, 0.717) is 5.96 Å². The molecule has 0 unspecified atom stereocenters. The summed E-state index contributed by atoms with van der Waals surface area (Å²) in [6.07, 6.45) is 2.12. The summed E-state index contributed by atoms with van der Waals surface area (Å²) in [7, 11) is 1.64. The summed E-state index contributed by atoms with van der Waals surface area (Å²) in [5, 5.41) is 6.04. The molecule has 0 spiro atoms. The van der Waals surface area contributed by atoms with E-state index in [-0.39, 0.29) is 36.1 Å². The highest BCUT2D eigenvalue weighted by Crippen LogP contribution is 2.08. The first kappa shape index (κ1) is 18.1. The number of aliphatic imine (C=N–C) groups is 1. The van der Waals surface area contributed by atoms with Gasteiger partial charge in [0.2, 0.25) is 0 Å². The van der Waals surface area contributed by atoms with E-state index in [1.165, 1.54) is 6.07 Å². The van der Waals surface area contributed by atoms with Crippen molar-refractivity contribution in [2.45, 2.75) is 26.3 Å². The lowest BCUT2D eigenvalue weighted by Crippen LogP contribution is -2.37. The fourth-order valence-corrected chi connectivity index (χ4v) is 1.46. The third-order valence-corrected chi connectivity index (χ3v) is 2.50. The van der Waals surface area contributed by atoms with Crippen molar-refractivity contribution in [3.05, 3.63) is 35.4 Å². The highest BCUT2D eigenvalue weighted by Gasteiger charge is 2.04. The van der Waals surface area contributed by atoms with Crippen LogP contribution >= 0.6 is 24.0 Å². The Labute approximate surface area is 129 Å². The van der Waals surface area contributed by atoms with Gasteiger partial charge < -0.3 is 10.6 Å². The van der Waals surface area contributed by atoms with Crippen molar-refractivity contribution in [2.24, 2.45) is 4.99 Å². The average Bonchev–Trinajstić information content (AvgIpc) is 2.37. The SMILES string of the molecule is CCCCNC(=NC)NCc1cc(F)ccc1F.I. The van der Waals surface area contributed by atoms with E-state index in [4.69, 9.17) is 0 Å². The van der Waals surface area contributed by atoms with Gasteiger partial charge in [-0.25, -0.2) is 8.78 Å². The number of nitrogens with one attached hydrogen (secondary N) is 2. The fourth-order valence-electron chi connectivity index (χ4n) is 1.46. The van der Waals surface area contributed by atoms with Gasteiger partial charge in [-0.1, -0.05) is 13.3 Å². The zero-order valence-electron chi connectivity index (χ0n) is 11.2. The fraction of sp³-hybridized carbons (Fsp3) is 0.462. The van der Waals surface area contributed by atoms with Crippen molar-refractivity contribution < 1.29 is 8.78 Å². The third kappa shape index (κ3) is 6.70. The van der Waals surface area contributed by atoms with E-state index < -0.39 is 11.6 Å². The van der Waals surface area contributed by atoms with Gasteiger partial charge in [0.15, 0.2) is 5.96 Å². The van der Waals surface area contributed by atoms with Gasteiger partial charge in [-0.15, -0.1) is 24.0 Å². The molecule has 6 heteroatoms. The maximum absolute atomic E-state index is 13.4. The smallest absolute Gasteiger partial charge is 0.191 e. The van der Waals surface area contributed by atoms with Gasteiger partial charge in [0.25, 0.3) is 0 Å². The average molecular weight is 383 g/mol. The summed E-state index contributed by atoms with van der Waals surface area (Å²) in [4.78, 5) is 4.01. The van der Waals surface area contributed by atoms with Crippen LogP contribution in [0, 0.1) is 11.6 Å². The molecule has 1 aromatic rings. The van der Waals surface area contributed by atoms with Crippen LogP contribution in [0.2, 0.25) is 0 Å². The lowest BCUT2D eigenvalue weighted by molar-refractivity contribution is 0.581. The monoisotopic (exact) mass is 383 g/mol. The van der Waals surface area contributed by atoms with Crippen molar-refractivity contribution in [1.82, 2.24) is 10.6 Å². The summed E-state index contributed by atoms with van der Waals surface area (Å²) in [5.41, 5.74) is 0.286. The van der Waals surface area contributed by atoms with Crippen molar-refractivity contribution >= 4 is 29.9 Å². The Bertz CT molecular complexity index is 411. The predicted molar refractivity (Wildman–Crippen MR) is 84.9 cm³/mol. The van der Waals surface area contributed by atoms with Crippen LogP contribution in [0.4, 0.5) is 8.78 Å². The first-order chi connectivity index (χ1) is 8.67. The van der Waals surface area contributed by atoms with E-state index in [9.17, 15) is 8.78 Å². The van der Waals surface area contributed by atoms with Crippen LogP contribution < -0.4 is 10.6 Å². The third-order valence-electron chi connectivity index (χ3n) is 2.50. The molecule has 0 amide bonds. The number of benzene rings is 1. The van der Waals surface area contributed by atoms with E-state index in [1.54, 1.807) is 7.05 Å². The zero-order chi connectivity index (χ0) is 13.4. The second kappa shape index (κ2) is 9.94. The second-order valence-electron chi connectivity index (χ2n) is 3.94. The largest absolute Gasteiger partial charge is 0.356 e. The molecule has 0 aliphatic rings. The first-order valence-electron chi connectivity index (χ1n) is 6.05. The van der Waals surface area contributed by atoms with Crippen LogP contribution in [0.15, 0.2) is 23.2 Å². The van der Waals surface area contributed by atoms with E-state index in [0.717, 1.165) is 31.5 Å². The van der Waals surface area contributed by atoms with Gasteiger partial charge in [0.1, 0.15) is 11.6 Å². The number of hydrogen-bond acceptors (Lipinski definition) is 1. The van der Waals surface area contributed by atoms with Crippen LogP contribution in [0.25, 0.3) is 0 Å². The van der Waals surface area contributed by atoms with Gasteiger partial charge in [-0.2, -0.15) is 0 Å². The Morgan fingerprint density at radius 2 is 2.00 bits per heavy atom. The van der Waals surface area contributed by atoms with Crippen LogP contribution in [0.5, 0.6) is 0 Å². The molecule has 0 saturated carbocycles. The maximum atomic E-state index is 13.4. The molecule has 0 aliphatic carbocycles. The molecule has 0 radical (unpaired) electrons. The normalized spacial score (nSPS) is 10.8. The van der Waals surface area contributed by atoms with E-state index in [1.807, 2.05) is 0 Å². The molecule has 1 aromatic carbocycles. The highest BCUT2D eigenvalue weighted by atomic mass is 127. The number of hydrogen-bond donors (Lipinski definition) is 2. The second-order valence-corrected chi connectivity index (χ2v) is 3.94. The van der Waals surface area contributed by atoms with Gasteiger partial charge in [-0.05, 0) is 24.6 Å². The molecule has 2 N–H and O–H groups in total. The van der Waals surface area contributed by atoms with Gasteiger partial charge in [0, 0.05) is 25.7 Å². The maximum Gasteiger partial charge on any atom is 0.191 e. The predicted octanol–water partition coefficient (Wildman–Crippen LogP) is 3.05. The molecule has 0 aromatic heterocycles. The van der Waals surface area contributed by atoms with Gasteiger partial charge >= 0.3 is 0 Å². The molecule has 0 bridgehead atoms. The summed E-state index contributed by atoms with van der Waals surface area (Å²) < 4.78 is 26.3. The number of rotatable bonds is 5. The summed E-state index contributed by atoms with van der Waals surface area (Å²) in [6, 6.07) is 3.41. The summed E-state index contributed by atoms with van der Waals surface area (Å²) in [6.45, 7) is 3.11. The molecule has 1 rings (SSSR count). The van der Waals surface area contributed by atoms with Crippen LogP contribution in [0.3, 0.4) is 0 Å². The Morgan fingerprint density at radius 3 is 2.63 bits per heavy atom. The lowest BCUT2D eigenvalue weighted by Gasteiger charge is -2.12. The topological polar surface area (TPSA) is 36.4 Å². The van der Waals surface area contributed by atoms with Crippen molar-refractivity contribution in [3.8, 4) is 0 Å². The highest BCUT2D eigenvalue weighted by molar-refractivity contribution is 14.0. The summed E-state index contributed by atoms with van der Waals surface area (Å²) >= 11 is 0. The van der Waals surface area contributed by atoms with Crippen molar-refractivity contribution in [2.75, 3.05) is 13.6 Å². The molecule has 0 aliphatic heterocycles. The minimum atomic E-state index is -0.442. The Morgan fingerprint density at radius 1 is 1.26 bits per heavy atom. The van der Waals surface area contributed by atoms with Crippen LogP contribution in [-0.4, -0.2) is 19.6 Å². The standard InChI is InChI=1S/C13H19F2N3.HI/c1-3-4-7-17-13(16-2)18-9-10-8-11(14)5-6-12(10)15;/h5-6,8H,3-4,7,9H2,1-2H3,(H2,16,17,18);1H. The number of guanidine groups is 1. The molecule has 108 valence electrons. The van der Waals surface area contributed by atoms with Crippen molar-refractivity contribution in [3.63, 3.8) is 0 Å². The van der Waals surface area contributed by atoms with Crippen LogP contribution in [0.1, 0.15) is 25.3 Å². The van der Waals surface area contributed by atoms with Crippen LogP contribution in [-0.2, 0) is 6.54 Å². The van der Waals surface area contributed by atoms with Crippen molar-refractivity contribution in [1.29, 1.82) is 0 Å². The minimum Gasteiger partial charge on any atom is -0.356 e. The van der Waals surface area contributed by atoms with E-state index >= 15 is 0 Å². The van der Waals surface area contributed by atoms with Gasteiger partial charge in [0.05, 0.1) is 0 Å². The Hall–Kier alpha value is -0.920. The Kier molecular flexibility index (Phi) is 9.46. The molecule has 3 nitrogen and oxygen atoms in total. The van der Waals surface area contributed by atoms with Gasteiger partial charge in [-0.3, -0.25) is 4.99 Å². The number of halogens is 3. The molecule has 0 heterocycles. The molecule has 19 heavy (non-hydrogen) atoms. The molecule has 0 fully saturated rings. The minimum absolute atomic E-state index is 0. The zero-order valence-corrected chi connectivity index (χ0v) is 13.5. The molecule has 0 saturated heterocycles. The Balaban J connectivity index is 0.00000324. The summed E-state index contributed by atoms with van der Waals surface area (Å²) in [5.74, 6) is -0.276. The first-order valence-corrected chi connectivity index (χ1v) is 6.05. The number of nitrogens with zero attached hydrogens (tertiary/aromatic N) is 1. The quantitative estimate of drug-likeness (QED) is 0.355. The van der Waals surface area contributed by atoms with E-state index in [2.05, 4.69) is 22.5 Å². The number of unbranched alkanes of at least 4 members (excludes halogenated alkanes) is 1. The molecular weight excluding hydrogens is 363 g/mol.